The van der Waals surface area contributed by atoms with Gasteiger partial charge < -0.3 is 14.5 Å². The molecule has 2 aliphatic heterocycles. The van der Waals surface area contributed by atoms with Crippen LogP contribution in [0.2, 0.25) is 0 Å². The van der Waals surface area contributed by atoms with Crippen molar-refractivity contribution in [3.05, 3.63) is 65.7 Å². The lowest BCUT2D eigenvalue weighted by Crippen LogP contribution is -2.36. The number of rotatable bonds is 6. The average molecular weight is 407 g/mol. The van der Waals surface area contributed by atoms with Crippen LogP contribution < -0.4 is 4.74 Å². The first kappa shape index (κ1) is 20.5. The van der Waals surface area contributed by atoms with Gasteiger partial charge in [0.1, 0.15) is 5.75 Å². The van der Waals surface area contributed by atoms with Crippen molar-refractivity contribution in [1.29, 1.82) is 0 Å². The van der Waals surface area contributed by atoms with Crippen LogP contribution in [0.1, 0.15) is 36.9 Å². The summed E-state index contributed by atoms with van der Waals surface area (Å²) in [4.78, 5) is 29.1. The standard InChI is InChI=1S/C25H30N2O3/c1-18(28)27-16-21-15-26(17-23(21)25(27)20-8-4-3-5-9-20)24(29)10-6-7-19-11-13-22(30-2)14-12-19/h3-5,8-9,11-14,21,23,25H,6-7,10,15-17H2,1-2H3/t21-,23-,25+/m1/s1. The molecule has 0 N–H and O–H groups in total. The molecule has 30 heavy (non-hydrogen) atoms. The highest BCUT2D eigenvalue weighted by Crippen LogP contribution is 2.45. The maximum absolute atomic E-state index is 12.9. The molecule has 4 rings (SSSR count). The number of fused-ring (bicyclic) bond motifs is 1. The molecule has 2 saturated heterocycles. The summed E-state index contributed by atoms with van der Waals surface area (Å²) in [5.74, 6) is 1.90. The molecule has 0 bridgehead atoms. The zero-order valence-corrected chi connectivity index (χ0v) is 17.8. The predicted octanol–water partition coefficient (Wildman–Crippen LogP) is 3.70. The second-order valence-electron chi connectivity index (χ2n) is 8.45. The van der Waals surface area contributed by atoms with Crippen molar-refractivity contribution in [2.24, 2.45) is 11.8 Å². The summed E-state index contributed by atoms with van der Waals surface area (Å²) in [6.45, 7) is 3.91. The first-order chi connectivity index (χ1) is 14.6. The number of carbonyl (C=O) groups excluding carboxylic acids is 2. The van der Waals surface area contributed by atoms with E-state index in [4.69, 9.17) is 4.74 Å². The Morgan fingerprint density at radius 2 is 1.73 bits per heavy atom. The predicted molar refractivity (Wildman–Crippen MR) is 116 cm³/mol. The van der Waals surface area contributed by atoms with E-state index in [0.717, 1.165) is 38.2 Å². The van der Waals surface area contributed by atoms with Gasteiger partial charge in [-0.15, -0.1) is 0 Å². The Labute approximate surface area is 178 Å². The Morgan fingerprint density at radius 1 is 1.00 bits per heavy atom. The quantitative estimate of drug-likeness (QED) is 0.735. The summed E-state index contributed by atoms with van der Waals surface area (Å²) in [7, 11) is 1.66. The second kappa shape index (κ2) is 8.90. The van der Waals surface area contributed by atoms with Crippen molar-refractivity contribution in [1.82, 2.24) is 9.80 Å². The third kappa shape index (κ3) is 4.20. The largest absolute Gasteiger partial charge is 0.497 e. The fourth-order valence-electron chi connectivity index (χ4n) is 5.04. The SMILES string of the molecule is COc1ccc(CCCC(=O)N2C[C@@H]3CN(C(C)=O)[C@@H](c4ccccc4)[C@@H]3C2)cc1. The molecule has 2 amide bonds. The van der Waals surface area contributed by atoms with Crippen molar-refractivity contribution >= 4 is 11.8 Å². The molecule has 3 atom stereocenters. The summed E-state index contributed by atoms with van der Waals surface area (Å²) in [6.07, 6.45) is 2.30. The van der Waals surface area contributed by atoms with E-state index in [9.17, 15) is 9.59 Å². The molecule has 0 saturated carbocycles. The van der Waals surface area contributed by atoms with E-state index in [2.05, 4.69) is 24.3 Å². The molecular formula is C25H30N2O3. The van der Waals surface area contributed by atoms with Crippen LogP contribution in [0.15, 0.2) is 54.6 Å². The minimum Gasteiger partial charge on any atom is -0.497 e. The second-order valence-corrected chi connectivity index (χ2v) is 8.45. The van der Waals surface area contributed by atoms with Gasteiger partial charge in [-0.2, -0.15) is 0 Å². The lowest BCUT2D eigenvalue weighted by Gasteiger charge is -2.29. The van der Waals surface area contributed by atoms with Crippen LogP contribution in [0.25, 0.3) is 0 Å². The molecule has 2 fully saturated rings. The molecule has 2 aromatic carbocycles. The molecule has 2 aliphatic rings. The topological polar surface area (TPSA) is 49.9 Å². The van der Waals surface area contributed by atoms with E-state index < -0.39 is 0 Å². The molecule has 5 nitrogen and oxygen atoms in total. The van der Waals surface area contributed by atoms with E-state index in [1.807, 2.05) is 40.1 Å². The van der Waals surface area contributed by atoms with Crippen LogP contribution in [0.4, 0.5) is 0 Å². The fraction of sp³-hybridized carbons (Fsp3) is 0.440. The van der Waals surface area contributed by atoms with Crippen molar-refractivity contribution in [2.45, 2.75) is 32.2 Å². The molecule has 5 heteroatoms. The molecule has 0 aromatic heterocycles. The number of aryl methyl sites for hydroxylation is 1. The smallest absolute Gasteiger partial charge is 0.222 e. The summed E-state index contributed by atoms with van der Waals surface area (Å²) >= 11 is 0. The molecule has 0 unspecified atom stereocenters. The van der Waals surface area contributed by atoms with Gasteiger partial charge in [0, 0.05) is 44.8 Å². The van der Waals surface area contributed by atoms with Crippen LogP contribution in [-0.2, 0) is 16.0 Å². The fourth-order valence-corrected chi connectivity index (χ4v) is 5.04. The van der Waals surface area contributed by atoms with Crippen LogP contribution in [0, 0.1) is 11.8 Å². The monoisotopic (exact) mass is 406 g/mol. The van der Waals surface area contributed by atoms with E-state index in [1.165, 1.54) is 11.1 Å². The highest BCUT2D eigenvalue weighted by molar-refractivity contribution is 5.77. The number of carbonyl (C=O) groups is 2. The third-order valence-corrected chi connectivity index (χ3v) is 6.58. The van der Waals surface area contributed by atoms with Gasteiger partial charge in [-0.1, -0.05) is 42.5 Å². The zero-order valence-electron chi connectivity index (χ0n) is 17.8. The third-order valence-electron chi connectivity index (χ3n) is 6.58. The molecule has 2 aromatic rings. The van der Waals surface area contributed by atoms with Gasteiger partial charge in [0.15, 0.2) is 0 Å². The Balaban J connectivity index is 1.35. The molecule has 0 aliphatic carbocycles. The lowest BCUT2D eigenvalue weighted by molar-refractivity contribution is -0.131. The van der Waals surface area contributed by atoms with Gasteiger partial charge in [0.2, 0.25) is 11.8 Å². The number of benzene rings is 2. The van der Waals surface area contributed by atoms with Crippen molar-refractivity contribution in [3.63, 3.8) is 0 Å². The Morgan fingerprint density at radius 3 is 2.40 bits per heavy atom. The number of ether oxygens (including phenoxy) is 1. The van der Waals surface area contributed by atoms with Gasteiger partial charge in [0.05, 0.1) is 13.2 Å². The van der Waals surface area contributed by atoms with Gasteiger partial charge in [-0.3, -0.25) is 9.59 Å². The molecule has 0 spiro atoms. The minimum atomic E-state index is 0.0748. The number of hydrogen-bond acceptors (Lipinski definition) is 3. The Bertz CT molecular complexity index is 881. The maximum Gasteiger partial charge on any atom is 0.222 e. The van der Waals surface area contributed by atoms with Gasteiger partial charge >= 0.3 is 0 Å². The van der Waals surface area contributed by atoms with E-state index >= 15 is 0 Å². The number of nitrogens with zero attached hydrogens (tertiary/aromatic N) is 2. The molecule has 2 heterocycles. The first-order valence-corrected chi connectivity index (χ1v) is 10.8. The summed E-state index contributed by atoms with van der Waals surface area (Å²) in [5, 5.41) is 0. The summed E-state index contributed by atoms with van der Waals surface area (Å²) in [5.41, 5.74) is 2.40. The van der Waals surface area contributed by atoms with Crippen molar-refractivity contribution in [3.8, 4) is 5.75 Å². The summed E-state index contributed by atoms with van der Waals surface area (Å²) < 4.78 is 5.19. The van der Waals surface area contributed by atoms with Crippen LogP contribution in [0.5, 0.6) is 5.75 Å². The van der Waals surface area contributed by atoms with Crippen LogP contribution in [-0.4, -0.2) is 48.4 Å². The highest BCUT2D eigenvalue weighted by Gasteiger charge is 2.49. The van der Waals surface area contributed by atoms with Crippen LogP contribution in [0.3, 0.4) is 0 Å². The number of amides is 2. The van der Waals surface area contributed by atoms with Crippen molar-refractivity contribution < 1.29 is 14.3 Å². The minimum absolute atomic E-state index is 0.0748. The lowest BCUT2D eigenvalue weighted by atomic mass is 9.89. The van der Waals surface area contributed by atoms with Crippen LogP contribution >= 0.6 is 0 Å². The Hall–Kier alpha value is -2.82. The summed E-state index contributed by atoms with van der Waals surface area (Å²) in [6, 6.07) is 18.4. The van der Waals surface area contributed by atoms with E-state index in [0.29, 0.717) is 18.3 Å². The highest BCUT2D eigenvalue weighted by atomic mass is 16.5. The molecule has 0 radical (unpaired) electrons. The van der Waals surface area contributed by atoms with Gasteiger partial charge in [0.25, 0.3) is 0 Å². The van der Waals surface area contributed by atoms with E-state index in [1.54, 1.807) is 14.0 Å². The number of hydrogen-bond donors (Lipinski definition) is 0. The Kier molecular flexibility index (Phi) is 6.07. The normalized spacial score (nSPS) is 22.8. The maximum atomic E-state index is 12.9. The zero-order chi connectivity index (χ0) is 21.1. The van der Waals surface area contributed by atoms with Crippen molar-refractivity contribution in [2.75, 3.05) is 26.7 Å². The molecular weight excluding hydrogens is 376 g/mol. The van der Waals surface area contributed by atoms with E-state index in [-0.39, 0.29) is 17.9 Å². The number of likely N-dealkylation sites (tertiary alicyclic amines) is 2. The average Bonchev–Trinajstić information content (AvgIpc) is 3.33. The van der Waals surface area contributed by atoms with Gasteiger partial charge in [-0.05, 0) is 36.1 Å². The number of methoxy groups -OCH3 is 1. The molecule has 158 valence electrons. The first-order valence-electron chi connectivity index (χ1n) is 10.8. The van der Waals surface area contributed by atoms with Gasteiger partial charge in [-0.25, -0.2) is 0 Å².